The van der Waals surface area contributed by atoms with Crippen molar-refractivity contribution in [3.8, 4) is 5.75 Å². The number of hydrogen-bond donors (Lipinski definition) is 2. The Kier molecular flexibility index (Phi) is 2.60. The molecule has 1 saturated heterocycles. The number of amides is 1. The molecule has 2 heterocycles. The highest BCUT2D eigenvalue weighted by molar-refractivity contribution is 5.95. The zero-order valence-electron chi connectivity index (χ0n) is 9.36. The van der Waals surface area contributed by atoms with Gasteiger partial charge < -0.3 is 20.1 Å². The first kappa shape index (κ1) is 10.4. The predicted octanol–water partition coefficient (Wildman–Crippen LogP) is 1.22. The van der Waals surface area contributed by atoms with Crippen molar-refractivity contribution in [2.45, 2.75) is 12.5 Å². The first-order valence-electron chi connectivity index (χ1n) is 5.72. The van der Waals surface area contributed by atoms with Gasteiger partial charge in [0, 0.05) is 18.4 Å². The molecule has 1 aromatic carbocycles. The SMILES string of the molecule is O=C1COc2cc(N[C@@H]3CCOC3)ccc2N1. The van der Waals surface area contributed by atoms with Crippen molar-refractivity contribution in [1.29, 1.82) is 0 Å². The standard InChI is InChI=1S/C12H14N2O3/c15-12-7-17-11-5-8(1-2-10(11)14-12)13-9-3-4-16-6-9/h1-2,5,9,13H,3-4,6-7H2,(H,14,15)/t9-/m1/s1. The lowest BCUT2D eigenvalue weighted by molar-refractivity contribution is -0.118. The number of fused-ring (bicyclic) bond motifs is 1. The molecule has 0 radical (unpaired) electrons. The maximum atomic E-state index is 11.1. The summed E-state index contributed by atoms with van der Waals surface area (Å²) in [5, 5.41) is 6.15. The van der Waals surface area contributed by atoms with Gasteiger partial charge in [0.25, 0.3) is 5.91 Å². The molecule has 1 aromatic rings. The van der Waals surface area contributed by atoms with Crippen molar-refractivity contribution >= 4 is 17.3 Å². The van der Waals surface area contributed by atoms with E-state index in [1.807, 2.05) is 18.2 Å². The highest BCUT2D eigenvalue weighted by Gasteiger charge is 2.18. The van der Waals surface area contributed by atoms with Gasteiger partial charge in [-0.2, -0.15) is 0 Å². The van der Waals surface area contributed by atoms with Gasteiger partial charge in [0.2, 0.25) is 0 Å². The lowest BCUT2D eigenvalue weighted by Crippen LogP contribution is -2.25. The topological polar surface area (TPSA) is 59.6 Å². The first-order valence-corrected chi connectivity index (χ1v) is 5.72. The summed E-state index contributed by atoms with van der Waals surface area (Å²) in [5.41, 5.74) is 1.73. The number of nitrogens with one attached hydrogen (secondary N) is 2. The van der Waals surface area contributed by atoms with Gasteiger partial charge in [-0.3, -0.25) is 4.79 Å². The molecule has 5 heteroatoms. The van der Waals surface area contributed by atoms with E-state index < -0.39 is 0 Å². The van der Waals surface area contributed by atoms with Crippen molar-refractivity contribution < 1.29 is 14.3 Å². The summed E-state index contributed by atoms with van der Waals surface area (Å²) in [6, 6.07) is 6.07. The fourth-order valence-electron chi connectivity index (χ4n) is 2.05. The lowest BCUT2D eigenvalue weighted by atomic mass is 10.2. The van der Waals surface area contributed by atoms with Gasteiger partial charge in [-0.1, -0.05) is 0 Å². The van der Waals surface area contributed by atoms with Crippen molar-refractivity contribution in [2.24, 2.45) is 0 Å². The average Bonchev–Trinajstić information content (AvgIpc) is 2.82. The Morgan fingerprint density at radius 1 is 1.41 bits per heavy atom. The third-order valence-electron chi connectivity index (χ3n) is 2.91. The van der Waals surface area contributed by atoms with E-state index in [4.69, 9.17) is 9.47 Å². The number of benzene rings is 1. The minimum absolute atomic E-state index is 0.0863. The molecular formula is C12H14N2O3. The Balaban J connectivity index is 1.76. The Labute approximate surface area is 99.1 Å². The Bertz CT molecular complexity index is 441. The number of carbonyl (C=O) groups is 1. The van der Waals surface area contributed by atoms with Crippen LogP contribution in [0.1, 0.15) is 6.42 Å². The van der Waals surface area contributed by atoms with Crippen LogP contribution in [-0.4, -0.2) is 31.8 Å². The van der Waals surface area contributed by atoms with E-state index in [9.17, 15) is 4.79 Å². The van der Waals surface area contributed by atoms with Crippen LogP contribution in [0.15, 0.2) is 18.2 Å². The van der Waals surface area contributed by atoms with Crippen LogP contribution in [0.3, 0.4) is 0 Å². The van der Waals surface area contributed by atoms with Gasteiger partial charge in [0.05, 0.1) is 18.3 Å². The Morgan fingerprint density at radius 2 is 2.35 bits per heavy atom. The summed E-state index contributed by atoms with van der Waals surface area (Å²) in [7, 11) is 0. The Morgan fingerprint density at radius 3 is 3.18 bits per heavy atom. The van der Waals surface area contributed by atoms with Crippen LogP contribution in [-0.2, 0) is 9.53 Å². The molecule has 2 aliphatic heterocycles. The molecule has 17 heavy (non-hydrogen) atoms. The summed E-state index contributed by atoms with van der Waals surface area (Å²) in [4.78, 5) is 11.1. The molecule has 3 rings (SSSR count). The van der Waals surface area contributed by atoms with Crippen LogP contribution >= 0.6 is 0 Å². The van der Waals surface area contributed by atoms with Crippen molar-refractivity contribution in [2.75, 3.05) is 30.5 Å². The van der Waals surface area contributed by atoms with Gasteiger partial charge in [-0.05, 0) is 18.6 Å². The van der Waals surface area contributed by atoms with E-state index in [1.165, 1.54) is 0 Å². The molecular weight excluding hydrogens is 220 g/mol. The second-order valence-electron chi connectivity index (χ2n) is 4.25. The number of hydrogen-bond acceptors (Lipinski definition) is 4. The van der Waals surface area contributed by atoms with Crippen molar-refractivity contribution in [1.82, 2.24) is 0 Å². The third-order valence-corrected chi connectivity index (χ3v) is 2.91. The summed E-state index contributed by atoms with van der Waals surface area (Å²) in [6.45, 7) is 1.65. The molecule has 1 fully saturated rings. The number of rotatable bonds is 2. The molecule has 0 unspecified atom stereocenters. The summed E-state index contributed by atoms with van der Waals surface area (Å²) in [5.74, 6) is 0.607. The molecule has 0 saturated carbocycles. The zero-order chi connectivity index (χ0) is 11.7. The molecule has 0 spiro atoms. The number of anilines is 2. The number of ether oxygens (including phenoxy) is 2. The van der Waals surface area contributed by atoms with Crippen LogP contribution < -0.4 is 15.4 Å². The molecule has 5 nitrogen and oxygen atoms in total. The third kappa shape index (κ3) is 2.19. The van der Waals surface area contributed by atoms with Gasteiger partial charge >= 0.3 is 0 Å². The summed E-state index contributed by atoms with van der Waals surface area (Å²) < 4.78 is 10.7. The molecule has 1 atom stereocenters. The minimum atomic E-state index is -0.109. The predicted molar refractivity (Wildman–Crippen MR) is 63.4 cm³/mol. The normalized spacial score (nSPS) is 22.6. The van der Waals surface area contributed by atoms with E-state index in [-0.39, 0.29) is 12.5 Å². The van der Waals surface area contributed by atoms with Crippen LogP contribution in [0.4, 0.5) is 11.4 Å². The van der Waals surface area contributed by atoms with Crippen LogP contribution in [0.5, 0.6) is 5.75 Å². The second kappa shape index (κ2) is 4.25. The van der Waals surface area contributed by atoms with Gasteiger partial charge in [-0.15, -0.1) is 0 Å². The summed E-state index contributed by atoms with van der Waals surface area (Å²) in [6.07, 6.45) is 1.02. The molecule has 0 aliphatic carbocycles. The van der Waals surface area contributed by atoms with E-state index in [0.717, 1.165) is 31.0 Å². The zero-order valence-corrected chi connectivity index (χ0v) is 9.36. The quantitative estimate of drug-likeness (QED) is 0.807. The highest BCUT2D eigenvalue weighted by Crippen LogP contribution is 2.31. The molecule has 1 amide bonds. The largest absolute Gasteiger partial charge is 0.482 e. The molecule has 2 N–H and O–H groups in total. The first-order chi connectivity index (χ1) is 8.31. The van der Waals surface area contributed by atoms with E-state index >= 15 is 0 Å². The molecule has 0 bridgehead atoms. The highest BCUT2D eigenvalue weighted by atomic mass is 16.5. The van der Waals surface area contributed by atoms with Crippen molar-refractivity contribution in [3.05, 3.63) is 18.2 Å². The fraction of sp³-hybridized carbons (Fsp3) is 0.417. The van der Waals surface area contributed by atoms with Crippen LogP contribution in [0, 0.1) is 0 Å². The Hall–Kier alpha value is -1.75. The van der Waals surface area contributed by atoms with Crippen molar-refractivity contribution in [3.63, 3.8) is 0 Å². The average molecular weight is 234 g/mol. The molecule has 2 aliphatic rings. The number of carbonyl (C=O) groups excluding carboxylic acids is 1. The summed E-state index contributed by atoms with van der Waals surface area (Å²) >= 11 is 0. The van der Waals surface area contributed by atoms with Crippen LogP contribution in [0.2, 0.25) is 0 Å². The van der Waals surface area contributed by atoms with E-state index in [2.05, 4.69) is 10.6 Å². The maximum Gasteiger partial charge on any atom is 0.262 e. The minimum Gasteiger partial charge on any atom is -0.482 e. The molecule has 0 aromatic heterocycles. The van der Waals surface area contributed by atoms with E-state index in [0.29, 0.717) is 11.8 Å². The van der Waals surface area contributed by atoms with E-state index in [1.54, 1.807) is 0 Å². The maximum absolute atomic E-state index is 11.1. The second-order valence-corrected chi connectivity index (χ2v) is 4.25. The van der Waals surface area contributed by atoms with Gasteiger partial charge in [0.1, 0.15) is 5.75 Å². The monoisotopic (exact) mass is 234 g/mol. The van der Waals surface area contributed by atoms with Crippen LogP contribution in [0.25, 0.3) is 0 Å². The fourth-order valence-corrected chi connectivity index (χ4v) is 2.05. The van der Waals surface area contributed by atoms with Gasteiger partial charge in [-0.25, -0.2) is 0 Å². The smallest absolute Gasteiger partial charge is 0.262 e. The lowest BCUT2D eigenvalue weighted by Gasteiger charge is -2.20. The van der Waals surface area contributed by atoms with Gasteiger partial charge in [0.15, 0.2) is 6.61 Å². The molecule has 90 valence electrons.